The molecule has 7 heteroatoms. The van der Waals surface area contributed by atoms with Gasteiger partial charge in [0.05, 0.1) is 11.3 Å². The number of amides is 3. The third kappa shape index (κ3) is 2.56. The summed E-state index contributed by atoms with van der Waals surface area (Å²) in [4.78, 5) is 46.1. The number of carbonyl (C=O) groups is 4. The van der Waals surface area contributed by atoms with Gasteiger partial charge in [0.25, 0.3) is 11.8 Å². The molecule has 1 heterocycles. The van der Waals surface area contributed by atoms with Crippen LogP contribution in [0, 0.1) is 0 Å². The zero-order valence-electron chi connectivity index (χ0n) is 10.4. The van der Waals surface area contributed by atoms with Gasteiger partial charge in [-0.3, -0.25) is 14.4 Å². The zero-order valence-corrected chi connectivity index (χ0v) is 10.4. The molecule has 20 heavy (non-hydrogen) atoms. The number of anilines is 2. The third-order valence-corrected chi connectivity index (χ3v) is 2.55. The van der Waals surface area contributed by atoms with E-state index in [0.717, 1.165) is 17.1 Å². The molecule has 1 aromatic rings. The fraction of sp³-hybridized carbons (Fsp3) is 0.0769. The van der Waals surface area contributed by atoms with E-state index in [2.05, 4.69) is 5.32 Å². The summed E-state index contributed by atoms with van der Waals surface area (Å²) in [7, 11) is 0. The molecule has 0 spiro atoms. The lowest BCUT2D eigenvalue weighted by molar-refractivity contribution is -0.120. The van der Waals surface area contributed by atoms with Crippen molar-refractivity contribution in [2.75, 3.05) is 10.2 Å². The number of nitrogens with one attached hydrogen (secondary N) is 1. The molecule has 0 atom stereocenters. The predicted octanol–water partition coefficient (Wildman–Crippen LogP) is 0.773. The smallest absolute Gasteiger partial charge is 0.335 e. The number of carboxylic acids is 1. The first kappa shape index (κ1) is 13.5. The van der Waals surface area contributed by atoms with Gasteiger partial charge in [-0.2, -0.15) is 0 Å². The predicted molar refractivity (Wildman–Crippen MR) is 69.3 cm³/mol. The second kappa shape index (κ2) is 4.96. The molecule has 0 bridgehead atoms. The second-order valence-corrected chi connectivity index (χ2v) is 4.10. The van der Waals surface area contributed by atoms with Crippen LogP contribution in [0.3, 0.4) is 0 Å². The van der Waals surface area contributed by atoms with Crippen molar-refractivity contribution in [2.45, 2.75) is 6.92 Å². The van der Waals surface area contributed by atoms with Gasteiger partial charge in [0.15, 0.2) is 0 Å². The van der Waals surface area contributed by atoms with Gasteiger partial charge in [0.2, 0.25) is 5.91 Å². The summed E-state index contributed by atoms with van der Waals surface area (Å²) >= 11 is 0. The van der Waals surface area contributed by atoms with Crippen molar-refractivity contribution in [1.82, 2.24) is 0 Å². The minimum atomic E-state index is -1.23. The van der Waals surface area contributed by atoms with Gasteiger partial charge in [0, 0.05) is 24.8 Å². The summed E-state index contributed by atoms with van der Waals surface area (Å²) < 4.78 is 0. The number of carboxylic acid groups (broad SMARTS) is 1. The Balaban J connectivity index is 2.49. The van der Waals surface area contributed by atoms with E-state index in [1.54, 1.807) is 0 Å². The molecule has 0 aromatic heterocycles. The van der Waals surface area contributed by atoms with Crippen LogP contribution in [0.5, 0.6) is 0 Å². The quantitative estimate of drug-likeness (QED) is 0.792. The Morgan fingerprint density at radius 3 is 2.20 bits per heavy atom. The van der Waals surface area contributed by atoms with Crippen LogP contribution < -0.4 is 10.2 Å². The summed E-state index contributed by atoms with van der Waals surface area (Å²) in [5, 5.41) is 11.4. The molecule has 2 N–H and O–H groups in total. The Morgan fingerprint density at radius 2 is 1.70 bits per heavy atom. The molecule has 0 fully saturated rings. The van der Waals surface area contributed by atoms with Gasteiger partial charge >= 0.3 is 5.97 Å². The van der Waals surface area contributed by atoms with Gasteiger partial charge in [-0.15, -0.1) is 0 Å². The standard InChI is InChI=1S/C13H10N2O5/c1-7(16)14-9-4-8(13(19)20)5-10(6-9)15-11(17)2-3-12(15)18/h2-6H,1H3,(H,14,16)(H,19,20). The number of benzene rings is 1. The molecule has 7 nitrogen and oxygen atoms in total. The highest BCUT2D eigenvalue weighted by Gasteiger charge is 2.26. The number of nitrogens with zero attached hydrogens (tertiary/aromatic N) is 1. The molecule has 0 radical (unpaired) electrons. The molecule has 1 aromatic carbocycles. The van der Waals surface area contributed by atoms with E-state index in [-0.39, 0.29) is 16.9 Å². The minimum Gasteiger partial charge on any atom is -0.478 e. The SMILES string of the molecule is CC(=O)Nc1cc(C(=O)O)cc(N2C(=O)C=CC2=O)c1. The normalized spacial score (nSPS) is 13.8. The van der Waals surface area contributed by atoms with Crippen LogP contribution in [-0.2, 0) is 14.4 Å². The molecule has 3 amide bonds. The fourth-order valence-electron chi connectivity index (χ4n) is 1.79. The number of rotatable bonds is 3. The van der Waals surface area contributed by atoms with Crippen molar-refractivity contribution in [3.05, 3.63) is 35.9 Å². The summed E-state index contributed by atoms with van der Waals surface area (Å²) in [5.74, 6) is -2.75. The Labute approximate surface area is 113 Å². The van der Waals surface area contributed by atoms with Gasteiger partial charge in [-0.25, -0.2) is 9.69 Å². The number of hydrogen-bond donors (Lipinski definition) is 2. The van der Waals surface area contributed by atoms with E-state index in [0.29, 0.717) is 0 Å². The van der Waals surface area contributed by atoms with Gasteiger partial charge < -0.3 is 10.4 Å². The molecule has 0 unspecified atom stereocenters. The maximum atomic E-state index is 11.6. The first-order chi connectivity index (χ1) is 9.38. The molecule has 1 aliphatic heterocycles. The topological polar surface area (TPSA) is 104 Å². The molecular formula is C13H10N2O5. The highest BCUT2D eigenvalue weighted by molar-refractivity contribution is 6.28. The molecular weight excluding hydrogens is 264 g/mol. The lowest BCUT2D eigenvalue weighted by Crippen LogP contribution is -2.29. The van der Waals surface area contributed by atoms with Crippen LogP contribution in [0.1, 0.15) is 17.3 Å². The van der Waals surface area contributed by atoms with E-state index in [9.17, 15) is 19.2 Å². The van der Waals surface area contributed by atoms with Gasteiger partial charge in [0.1, 0.15) is 0 Å². The number of carbonyl (C=O) groups excluding carboxylic acids is 3. The van der Waals surface area contributed by atoms with Crippen LogP contribution in [0.2, 0.25) is 0 Å². The first-order valence-electron chi connectivity index (χ1n) is 5.60. The Bertz CT molecular complexity index is 645. The fourth-order valence-corrected chi connectivity index (χ4v) is 1.79. The van der Waals surface area contributed by atoms with E-state index < -0.39 is 23.7 Å². The van der Waals surface area contributed by atoms with Crippen molar-refractivity contribution >= 4 is 35.1 Å². The van der Waals surface area contributed by atoms with Crippen molar-refractivity contribution in [2.24, 2.45) is 0 Å². The lowest BCUT2D eigenvalue weighted by atomic mass is 10.1. The monoisotopic (exact) mass is 274 g/mol. The highest BCUT2D eigenvalue weighted by atomic mass is 16.4. The number of imide groups is 1. The number of aromatic carboxylic acids is 1. The van der Waals surface area contributed by atoms with Gasteiger partial charge in [-0.1, -0.05) is 0 Å². The molecule has 2 rings (SSSR count). The minimum absolute atomic E-state index is 0.0913. The Morgan fingerprint density at radius 1 is 1.10 bits per heavy atom. The maximum Gasteiger partial charge on any atom is 0.335 e. The largest absolute Gasteiger partial charge is 0.478 e. The van der Waals surface area contributed by atoms with E-state index in [4.69, 9.17) is 5.11 Å². The molecule has 1 aliphatic rings. The Kier molecular flexibility index (Phi) is 3.34. The molecule has 0 saturated heterocycles. The lowest BCUT2D eigenvalue weighted by Gasteiger charge is -2.16. The highest BCUT2D eigenvalue weighted by Crippen LogP contribution is 2.25. The Hall–Kier alpha value is -2.96. The van der Waals surface area contributed by atoms with Gasteiger partial charge in [-0.05, 0) is 18.2 Å². The van der Waals surface area contributed by atoms with E-state index >= 15 is 0 Å². The molecule has 0 aliphatic carbocycles. The van der Waals surface area contributed by atoms with Crippen molar-refractivity contribution in [3.63, 3.8) is 0 Å². The summed E-state index contributed by atoms with van der Waals surface area (Å²) in [6, 6.07) is 3.79. The van der Waals surface area contributed by atoms with Crippen LogP contribution in [-0.4, -0.2) is 28.8 Å². The van der Waals surface area contributed by atoms with Crippen LogP contribution >= 0.6 is 0 Å². The summed E-state index contributed by atoms with van der Waals surface area (Å²) in [6.45, 7) is 1.26. The van der Waals surface area contributed by atoms with Crippen molar-refractivity contribution < 1.29 is 24.3 Å². The van der Waals surface area contributed by atoms with Crippen molar-refractivity contribution in [1.29, 1.82) is 0 Å². The summed E-state index contributed by atoms with van der Waals surface area (Å²) in [6.07, 6.45) is 2.18. The average molecular weight is 274 g/mol. The number of hydrogen-bond acceptors (Lipinski definition) is 4. The van der Waals surface area contributed by atoms with E-state index in [1.165, 1.54) is 25.1 Å². The summed E-state index contributed by atoms with van der Waals surface area (Å²) in [5.41, 5.74) is 0.146. The zero-order chi connectivity index (χ0) is 14.9. The second-order valence-electron chi connectivity index (χ2n) is 4.10. The first-order valence-corrected chi connectivity index (χ1v) is 5.60. The van der Waals surface area contributed by atoms with Crippen molar-refractivity contribution in [3.8, 4) is 0 Å². The molecule has 0 saturated carbocycles. The van der Waals surface area contributed by atoms with Crippen LogP contribution in [0.4, 0.5) is 11.4 Å². The third-order valence-electron chi connectivity index (χ3n) is 2.55. The maximum absolute atomic E-state index is 11.6. The van der Waals surface area contributed by atoms with Crippen LogP contribution in [0.15, 0.2) is 30.4 Å². The molecule has 102 valence electrons. The van der Waals surface area contributed by atoms with Crippen LogP contribution in [0.25, 0.3) is 0 Å². The van der Waals surface area contributed by atoms with E-state index in [1.807, 2.05) is 0 Å². The average Bonchev–Trinajstić information content (AvgIpc) is 2.67.